The highest BCUT2D eigenvalue weighted by atomic mass is 15.3. The molecule has 3 unspecified atom stereocenters. The third-order valence-corrected chi connectivity index (χ3v) is 5.05. The molecule has 1 nitrogen and oxygen atoms in total. The number of unbranched alkanes of at least 4 members (excludes halogenated alkanes) is 5. The smallest absolute Gasteiger partial charge is 0.0102 e. The molecule has 0 N–H and O–H groups in total. The molecule has 2 aliphatic heterocycles. The Morgan fingerprint density at radius 1 is 1.00 bits per heavy atom. The van der Waals surface area contributed by atoms with Crippen LogP contribution < -0.4 is 0 Å². The number of nitrogens with zero attached hydrogens (tertiary/aromatic N) is 1. The van der Waals surface area contributed by atoms with Crippen LogP contribution >= 0.6 is 0 Å². The van der Waals surface area contributed by atoms with Crippen LogP contribution in [0.25, 0.3) is 0 Å². The van der Waals surface area contributed by atoms with Gasteiger partial charge >= 0.3 is 0 Å². The molecule has 2 saturated heterocycles. The van der Waals surface area contributed by atoms with Crippen LogP contribution in [-0.4, -0.2) is 23.0 Å². The van der Waals surface area contributed by atoms with Crippen molar-refractivity contribution in [1.29, 1.82) is 0 Å². The summed E-state index contributed by atoms with van der Waals surface area (Å²) in [5.41, 5.74) is 0. The highest BCUT2D eigenvalue weighted by molar-refractivity contribution is 4.95. The summed E-state index contributed by atoms with van der Waals surface area (Å²) in [6, 6.07) is 2.76. The van der Waals surface area contributed by atoms with E-state index in [4.69, 9.17) is 0 Å². The Kier molecular flexibility index (Phi) is 5.75. The van der Waals surface area contributed by atoms with Crippen molar-refractivity contribution < 1.29 is 0 Å². The van der Waals surface area contributed by atoms with Gasteiger partial charge in [-0.05, 0) is 51.9 Å². The SMILES string of the molecule is C=CCCCCCCCC1CCC2CCC(C)N12. The zero-order valence-electron chi connectivity index (χ0n) is 12.2. The molecule has 2 heterocycles. The lowest BCUT2D eigenvalue weighted by atomic mass is 10.0. The molecule has 0 radical (unpaired) electrons. The molecule has 2 rings (SSSR count). The maximum Gasteiger partial charge on any atom is 0.0102 e. The minimum atomic E-state index is 0.870. The Hall–Kier alpha value is -0.300. The van der Waals surface area contributed by atoms with Crippen LogP contribution in [0.4, 0.5) is 0 Å². The molecule has 104 valence electrons. The maximum atomic E-state index is 3.78. The van der Waals surface area contributed by atoms with Gasteiger partial charge in [0, 0.05) is 18.1 Å². The molecular weight excluding hydrogens is 218 g/mol. The minimum absolute atomic E-state index is 0.870. The van der Waals surface area contributed by atoms with E-state index in [1.165, 1.54) is 70.6 Å². The first-order valence-electron chi connectivity index (χ1n) is 8.21. The van der Waals surface area contributed by atoms with Gasteiger partial charge in [0.05, 0.1) is 0 Å². The van der Waals surface area contributed by atoms with Crippen LogP contribution in [0, 0.1) is 0 Å². The third-order valence-electron chi connectivity index (χ3n) is 5.05. The zero-order valence-corrected chi connectivity index (χ0v) is 12.2. The summed E-state index contributed by atoms with van der Waals surface area (Å²) >= 11 is 0. The number of allylic oxidation sites excluding steroid dienone is 1. The average molecular weight is 249 g/mol. The molecule has 0 amide bonds. The molecule has 0 bridgehead atoms. The van der Waals surface area contributed by atoms with Crippen molar-refractivity contribution in [3.05, 3.63) is 12.7 Å². The highest BCUT2D eigenvalue weighted by Gasteiger charge is 2.39. The van der Waals surface area contributed by atoms with E-state index in [-0.39, 0.29) is 0 Å². The van der Waals surface area contributed by atoms with Crippen molar-refractivity contribution in [3.8, 4) is 0 Å². The molecule has 0 aromatic carbocycles. The number of hydrogen-bond donors (Lipinski definition) is 0. The van der Waals surface area contributed by atoms with Crippen LogP contribution in [-0.2, 0) is 0 Å². The second kappa shape index (κ2) is 7.33. The number of fused-ring (bicyclic) bond motifs is 1. The standard InChI is InChI=1S/C17H31N/c1-3-4-5-6-7-8-9-10-16-13-14-17-12-11-15(2)18(16)17/h3,15-17H,1,4-14H2,2H3. The molecule has 18 heavy (non-hydrogen) atoms. The van der Waals surface area contributed by atoms with E-state index in [0.717, 1.165) is 18.1 Å². The van der Waals surface area contributed by atoms with E-state index in [1.54, 1.807) is 0 Å². The van der Waals surface area contributed by atoms with E-state index < -0.39 is 0 Å². The van der Waals surface area contributed by atoms with Gasteiger partial charge in [0.25, 0.3) is 0 Å². The first-order chi connectivity index (χ1) is 8.83. The largest absolute Gasteiger partial charge is 0.295 e. The quantitative estimate of drug-likeness (QED) is 0.436. The van der Waals surface area contributed by atoms with Crippen LogP contribution in [0.5, 0.6) is 0 Å². The van der Waals surface area contributed by atoms with Gasteiger partial charge < -0.3 is 0 Å². The van der Waals surface area contributed by atoms with Crippen LogP contribution in [0.15, 0.2) is 12.7 Å². The van der Waals surface area contributed by atoms with Gasteiger partial charge in [0.15, 0.2) is 0 Å². The van der Waals surface area contributed by atoms with E-state index >= 15 is 0 Å². The summed E-state index contributed by atoms with van der Waals surface area (Å²) in [4.78, 5) is 2.86. The first-order valence-corrected chi connectivity index (χ1v) is 8.21. The molecule has 2 fully saturated rings. The molecular formula is C17H31N. The van der Waals surface area contributed by atoms with Crippen molar-refractivity contribution in [1.82, 2.24) is 4.90 Å². The van der Waals surface area contributed by atoms with Crippen LogP contribution in [0.3, 0.4) is 0 Å². The Balaban J connectivity index is 1.55. The van der Waals surface area contributed by atoms with Gasteiger partial charge in [-0.2, -0.15) is 0 Å². The van der Waals surface area contributed by atoms with Crippen molar-refractivity contribution >= 4 is 0 Å². The molecule has 0 aromatic rings. The van der Waals surface area contributed by atoms with Gasteiger partial charge in [-0.25, -0.2) is 0 Å². The molecule has 2 aliphatic rings. The van der Waals surface area contributed by atoms with E-state index in [9.17, 15) is 0 Å². The summed E-state index contributed by atoms with van der Waals surface area (Å²) in [5.74, 6) is 0. The molecule has 0 spiro atoms. The monoisotopic (exact) mass is 249 g/mol. The molecule has 1 heteroatoms. The number of hydrogen-bond acceptors (Lipinski definition) is 1. The lowest BCUT2D eigenvalue weighted by Crippen LogP contribution is -2.36. The van der Waals surface area contributed by atoms with Gasteiger partial charge in [0.2, 0.25) is 0 Å². The van der Waals surface area contributed by atoms with Gasteiger partial charge in [-0.1, -0.05) is 31.8 Å². The summed E-state index contributed by atoms with van der Waals surface area (Å²) in [6.45, 7) is 6.22. The van der Waals surface area contributed by atoms with Crippen molar-refractivity contribution in [2.45, 2.75) is 95.7 Å². The third kappa shape index (κ3) is 3.60. The van der Waals surface area contributed by atoms with E-state index in [0.29, 0.717) is 0 Å². The normalized spacial score (nSPS) is 31.7. The second-order valence-electron chi connectivity index (χ2n) is 6.39. The predicted octanol–water partition coefficient (Wildman–Crippen LogP) is 4.92. The van der Waals surface area contributed by atoms with Crippen molar-refractivity contribution in [3.63, 3.8) is 0 Å². The molecule has 0 aliphatic carbocycles. The second-order valence-corrected chi connectivity index (χ2v) is 6.39. The van der Waals surface area contributed by atoms with Crippen molar-refractivity contribution in [2.75, 3.05) is 0 Å². The molecule has 0 aromatic heterocycles. The summed E-state index contributed by atoms with van der Waals surface area (Å²) in [5, 5.41) is 0. The van der Waals surface area contributed by atoms with Gasteiger partial charge in [0.1, 0.15) is 0 Å². The average Bonchev–Trinajstić information content (AvgIpc) is 2.93. The van der Waals surface area contributed by atoms with Gasteiger partial charge in [-0.3, -0.25) is 4.90 Å². The summed E-state index contributed by atoms with van der Waals surface area (Å²) in [6.07, 6.45) is 17.7. The Labute approximate surface area is 114 Å². The zero-order chi connectivity index (χ0) is 12.8. The molecule has 3 atom stereocenters. The van der Waals surface area contributed by atoms with Crippen LogP contribution in [0.1, 0.15) is 77.6 Å². The Bertz CT molecular complexity index is 248. The van der Waals surface area contributed by atoms with Gasteiger partial charge in [-0.15, -0.1) is 6.58 Å². The fraction of sp³-hybridized carbons (Fsp3) is 0.882. The lowest BCUT2D eigenvalue weighted by molar-refractivity contribution is 0.180. The van der Waals surface area contributed by atoms with Crippen molar-refractivity contribution in [2.24, 2.45) is 0 Å². The van der Waals surface area contributed by atoms with E-state index in [2.05, 4.69) is 18.4 Å². The fourth-order valence-corrected chi connectivity index (χ4v) is 4.07. The summed E-state index contributed by atoms with van der Waals surface area (Å²) < 4.78 is 0. The minimum Gasteiger partial charge on any atom is -0.295 e. The maximum absolute atomic E-state index is 3.78. The highest BCUT2D eigenvalue weighted by Crippen LogP contribution is 2.38. The lowest BCUT2D eigenvalue weighted by Gasteiger charge is -2.28. The predicted molar refractivity (Wildman–Crippen MR) is 79.9 cm³/mol. The fourth-order valence-electron chi connectivity index (χ4n) is 4.07. The molecule has 0 saturated carbocycles. The topological polar surface area (TPSA) is 3.24 Å². The number of rotatable bonds is 8. The Morgan fingerprint density at radius 3 is 2.56 bits per heavy atom. The summed E-state index contributed by atoms with van der Waals surface area (Å²) in [7, 11) is 0. The van der Waals surface area contributed by atoms with E-state index in [1.807, 2.05) is 6.08 Å². The van der Waals surface area contributed by atoms with Crippen LogP contribution in [0.2, 0.25) is 0 Å². The Morgan fingerprint density at radius 2 is 1.72 bits per heavy atom. The first kappa shape index (κ1) is 14.1.